The molecular weight excluding hydrogens is 218 g/mol. The number of hydrogen-bond acceptors (Lipinski definition) is 3. The highest BCUT2D eigenvalue weighted by Gasteiger charge is 2.10. The van der Waals surface area contributed by atoms with Crippen molar-refractivity contribution in [1.82, 2.24) is 5.32 Å². The van der Waals surface area contributed by atoms with Crippen LogP contribution >= 0.6 is 0 Å². The molecule has 1 N–H and O–H groups in total. The van der Waals surface area contributed by atoms with Crippen LogP contribution in [0.25, 0.3) is 0 Å². The molecule has 0 unspecified atom stereocenters. The molecule has 1 amide bonds. The van der Waals surface area contributed by atoms with E-state index < -0.39 is 0 Å². The standard InChI is InChI=1S/C13H11NO3/c15-9-11-6-7-12(17-11)13(16)14-8-10-4-2-1-3-5-10/h1-7,9H,8H2,(H,14,16). The number of carbonyl (C=O) groups is 2. The highest BCUT2D eigenvalue weighted by Crippen LogP contribution is 2.06. The summed E-state index contributed by atoms with van der Waals surface area (Å²) in [6, 6.07) is 12.5. The lowest BCUT2D eigenvalue weighted by atomic mass is 10.2. The van der Waals surface area contributed by atoms with Crippen LogP contribution in [0.5, 0.6) is 0 Å². The number of hydrogen-bond donors (Lipinski definition) is 1. The molecule has 2 rings (SSSR count). The van der Waals surface area contributed by atoms with Crippen LogP contribution in [0.15, 0.2) is 46.9 Å². The van der Waals surface area contributed by atoms with Crippen molar-refractivity contribution in [1.29, 1.82) is 0 Å². The molecule has 1 heterocycles. The highest BCUT2D eigenvalue weighted by atomic mass is 16.4. The molecule has 86 valence electrons. The first-order valence-corrected chi connectivity index (χ1v) is 5.17. The molecule has 0 aliphatic carbocycles. The zero-order chi connectivity index (χ0) is 12.1. The number of rotatable bonds is 4. The zero-order valence-electron chi connectivity index (χ0n) is 9.05. The summed E-state index contributed by atoms with van der Waals surface area (Å²) < 4.78 is 5.00. The van der Waals surface area contributed by atoms with Gasteiger partial charge in [-0.25, -0.2) is 0 Å². The van der Waals surface area contributed by atoms with Gasteiger partial charge in [0, 0.05) is 6.54 Å². The van der Waals surface area contributed by atoms with Crippen molar-refractivity contribution in [2.45, 2.75) is 6.54 Å². The van der Waals surface area contributed by atoms with Crippen LogP contribution in [0.3, 0.4) is 0 Å². The molecule has 1 aromatic carbocycles. The number of aldehydes is 1. The Kier molecular flexibility index (Phi) is 3.35. The summed E-state index contributed by atoms with van der Waals surface area (Å²) in [6.45, 7) is 0.427. The Hall–Kier alpha value is -2.36. The summed E-state index contributed by atoms with van der Waals surface area (Å²) in [5.74, 6) is -0.0418. The van der Waals surface area contributed by atoms with Crippen LogP contribution in [0.4, 0.5) is 0 Å². The Labute approximate surface area is 98.3 Å². The third kappa shape index (κ3) is 2.81. The van der Waals surface area contributed by atoms with E-state index in [1.807, 2.05) is 30.3 Å². The number of benzene rings is 1. The van der Waals surface area contributed by atoms with Gasteiger partial charge in [-0.3, -0.25) is 9.59 Å². The van der Waals surface area contributed by atoms with Gasteiger partial charge in [-0.2, -0.15) is 0 Å². The Morgan fingerprint density at radius 1 is 1.18 bits per heavy atom. The molecule has 0 radical (unpaired) electrons. The van der Waals surface area contributed by atoms with Crippen LogP contribution in [0.2, 0.25) is 0 Å². The highest BCUT2D eigenvalue weighted by molar-refractivity contribution is 5.92. The second kappa shape index (κ2) is 5.12. The number of nitrogens with one attached hydrogen (secondary N) is 1. The van der Waals surface area contributed by atoms with E-state index in [4.69, 9.17) is 4.42 Å². The summed E-state index contributed by atoms with van der Waals surface area (Å²) in [4.78, 5) is 22.0. The minimum Gasteiger partial charge on any atom is -0.448 e. The Morgan fingerprint density at radius 2 is 1.94 bits per heavy atom. The SMILES string of the molecule is O=Cc1ccc(C(=O)NCc2ccccc2)o1. The van der Waals surface area contributed by atoms with E-state index in [0.717, 1.165) is 5.56 Å². The van der Waals surface area contributed by atoms with Gasteiger partial charge < -0.3 is 9.73 Å². The molecule has 0 aliphatic heterocycles. The monoisotopic (exact) mass is 229 g/mol. The molecule has 0 saturated heterocycles. The van der Waals surface area contributed by atoms with Crippen molar-refractivity contribution in [3.8, 4) is 0 Å². The van der Waals surface area contributed by atoms with Crippen molar-refractivity contribution in [3.05, 3.63) is 59.5 Å². The smallest absolute Gasteiger partial charge is 0.287 e. The Morgan fingerprint density at radius 3 is 2.59 bits per heavy atom. The van der Waals surface area contributed by atoms with E-state index in [0.29, 0.717) is 12.8 Å². The molecule has 2 aromatic rings. The fourth-order valence-corrected chi connectivity index (χ4v) is 1.40. The third-order valence-electron chi connectivity index (χ3n) is 2.26. The van der Waals surface area contributed by atoms with Crippen LogP contribution in [0, 0.1) is 0 Å². The number of amides is 1. The van der Waals surface area contributed by atoms with E-state index in [9.17, 15) is 9.59 Å². The van der Waals surface area contributed by atoms with Gasteiger partial charge in [0.1, 0.15) is 0 Å². The minimum atomic E-state index is -0.332. The Balaban J connectivity index is 1.96. The average Bonchev–Trinajstić information content (AvgIpc) is 2.86. The van der Waals surface area contributed by atoms with Gasteiger partial charge in [-0.15, -0.1) is 0 Å². The maximum Gasteiger partial charge on any atom is 0.287 e. The first-order chi connectivity index (χ1) is 8.29. The van der Waals surface area contributed by atoms with E-state index in [-0.39, 0.29) is 17.4 Å². The van der Waals surface area contributed by atoms with Gasteiger partial charge in [-0.05, 0) is 17.7 Å². The first-order valence-electron chi connectivity index (χ1n) is 5.17. The molecule has 4 nitrogen and oxygen atoms in total. The van der Waals surface area contributed by atoms with E-state index in [2.05, 4.69) is 5.32 Å². The summed E-state index contributed by atoms with van der Waals surface area (Å²) >= 11 is 0. The molecule has 0 saturated carbocycles. The Bertz CT molecular complexity index is 516. The van der Waals surface area contributed by atoms with E-state index in [1.54, 1.807) is 0 Å². The molecular formula is C13H11NO3. The van der Waals surface area contributed by atoms with E-state index in [1.165, 1.54) is 12.1 Å². The second-order valence-electron chi connectivity index (χ2n) is 3.49. The predicted octanol–water partition coefficient (Wildman–Crippen LogP) is 2.02. The lowest BCUT2D eigenvalue weighted by Crippen LogP contribution is -2.22. The number of furan rings is 1. The first kappa shape index (κ1) is 11.1. The average molecular weight is 229 g/mol. The fraction of sp³-hybridized carbons (Fsp3) is 0.0769. The van der Waals surface area contributed by atoms with Crippen molar-refractivity contribution in [3.63, 3.8) is 0 Å². The normalized spacial score (nSPS) is 9.88. The maximum absolute atomic E-state index is 11.6. The van der Waals surface area contributed by atoms with Crippen molar-refractivity contribution in [2.75, 3.05) is 0 Å². The van der Waals surface area contributed by atoms with Gasteiger partial charge in [0.15, 0.2) is 17.8 Å². The molecule has 0 spiro atoms. The summed E-state index contributed by atoms with van der Waals surface area (Å²) in [6.07, 6.45) is 0.563. The predicted molar refractivity (Wildman–Crippen MR) is 61.7 cm³/mol. The van der Waals surface area contributed by atoms with Crippen molar-refractivity contribution < 1.29 is 14.0 Å². The largest absolute Gasteiger partial charge is 0.448 e. The quantitative estimate of drug-likeness (QED) is 0.816. The van der Waals surface area contributed by atoms with Crippen molar-refractivity contribution >= 4 is 12.2 Å². The van der Waals surface area contributed by atoms with Crippen LogP contribution < -0.4 is 5.32 Å². The van der Waals surface area contributed by atoms with Gasteiger partial charge >= 0.3 is 0 Å². The number of carbonyl (C=O) groups excluding carboxylic acids is 2. The lowest BCUT2D eigenvalue weighted by Gasteiger charge is -2.02. The zero-order valence-corrected chi connectivity index (χ0v) is 9.05. The van der Waals surface area contributed by atoms with E-state index >= 15 is 0 Å². The topological polar surface area (TPSA) is 59.3 Å². The van der Waals surface area contributed by atoms with Crippen LogP contribution in [0.1, 0.15) is 26.7 Å². The van der Waals surface area contributed by atoms with Gasteiger partial charge in [-0.1, -0.05) is 30.3 Å². The molecule has 4 heteroatoms. The molecule has 0 aliphatic rings. The van der Waals surface area contributed by atoms with Gasteiger partial charge in [0.05, 0.1) is 0 Å². The summed E-state index contributed by atoms with van der Waals surface area (Å²) in [5.41, 5.74) is 1.00. The second-order valence-corrected chi connectivity index (χ2v) is 3.49. The third-order valence-corrected chi connectivity index (χ3v) is 2.26. The van der Waals surface area contributed by atoms with Gasteiger partial charge in [0.25, 0.3) is 5.91 Å². The molecule has 1 aromatic heterocycles. The van der Waals surface area contributed by atoms with Crippen LogP contribution in [-0.4, -0.2) is 12.2 Å². The summed E-state index contributed by atoms with van der Waals surface area (Å²) in [7, 11) is 0. The lowest BCUT2D eigenvalue weighted by molar-refractivity contribution is 0.0920. The molecule has 0 fully saturated rings. The minimum absolute atomic E-state index is 0.142. The molecule has 17 heavy (non-hydrogen) atoms. The fourth-order valence-electron chi connectivity index (χ4n) is 1.40. The maximum atomic E-state index is 11.6. The van der Waals surface area contributed by atoms with Crippen molar-refractivity contribution in [2.24, 2.45) is 0 Å². The van der Waals surface area contributed by atoms with Gasteiger partial charge in [0.2, 0.25) is 0 Å². The van der Waals surface area contributed by atoms with Crippen LogP contribution in [-0.2, 0) is 6.54 Å². The summed E-state index contributed by atoms with van der Waals surface area (Å²) in [5, 5.41) is 2.70. The molecule has 0 bridgehead atoms. The molecule has 0 atom stereocenters.